The Hall–Kier alpha value is -1.35. The van der Waals surface area contributed by atoms with Crippen LogP contribution in [0.4, 0.5) is 0 Å². The first-order chi connectivity index (χ1) is 9.70. The van der Waals surface area contributed by atoms with E-state index in [1.54, 1.807) is 0 Å². The van der Waals surface area contributed by atoms with E-state index in [1.807, 2.05) is 0 Å². The third-order valence-corrected chi connectivity index (χ3v) is 4.71. The average Bonchev–Trinajstić information content (AvgIpc) is 3.07. The Morgan fingerprint density at radius 1 is 1.20 bits per heavy atom. The normalized spacial score (nSPS) is 27.5. The molecule has 108 valence electrons. The molecule has 1 aromatic carbocycles. The quantitative estimate of drug-likeness (QED) is 0.916. The van der Waals surface area contributed by atoms with Gasteiger partial charge in [0.15, 0.2) is 0 Å². The van der Waals surface area contributed by atoms with Crippen LogP contribution in [0.3, 0.4) is 0 Å². The lowest BCUT2D eigenvalue weighted by Crippen LogP contribution is -2.38. The zero-order chi connectivity index (χ0) is 14.1. The number of hydrogen-bond acceptors (Lipinski definition) is 2. The van der Waals surface area contributed by atoms with Gasteiger partial charge in [-0.25, -0.2) is 0 Å². The van der Waals surface area contributed by atoms with Gasteiger partial charge in [0, 0.05) is 6.04 Å². The van der Waals surface area contributed by atoms with E-state index in [0.29, 0.717) is 11.9 Å². The highest BCUT2D eigenvalue weighted by molar-refractivity contribution is 5.84. The standard InChI is InChI=1S/C17H24N2O/c1-3-15-17(20)19(14-6-4-5-7-14)16(18-15)13-10-8-12(2)9-11-13/h8-11,14-16,18H,3-7H2,1-2H3. The molecule has 3 heteroatoms. The van der Waals surface area contributed by atoms with Crippen LogP contribution in [-0.2, 0) is 4.79 Å². The lowest BCUT2D eigenvalue weighted by molar-refractivity contribution is -0.132. The van der Waals surface area contributed by atoms with Gasteiger partial charge >= 0.3 is 0 Å². The zero-order valence-electron chi connectivity index (χ0n) is 12.4. The van der Waals surface area contributed by atoms with Crippen LogP contribution in [-0.4, -0.2) is 22.9 Å². The molecule has 1 aliphatic heterocycles. The van der Waals surface area contributed by atoms with Crippen molar-refractivity contribution in [1.82, 2.24) is 10.2 Å². The minimum Gasteiger partial charge on any atom is -0.319 e. The number of aryl methyl sites for hydroxylation is 1. The molecule has 2 aliphatic rings. The van der Waals surface area contributed by atoms with Crippen molar-refractivity contribution in [1.29, 1.82) is 0 Å². The van der Waals surface area contributed by atoms with Gasteiger partial charge in [0.25, 0.3) is 0 Å². The molecule has 20 heavy (non-hydrogen) atoms. The highest BCUT2D eigenvalue weighted by Crippen LogP contribution is 2.34. The van der Waals surface area contributed by atoms with Crippen LogP contribution in [0.1, 0.15) is 56.3 Å². The SMILES string of the molecule is CCC1NC(c2ccc(C)cc2)N(C2CCCC2)C1=O. The van der Waals surface area contributed by atoms with Crippen molar-refractivity contribution in [3.05, 3.63) is 35.4 Å². The molecule has 1 amide bonds. The van der Waals surface area contributed by atoms with Crippen molar-refractivity contribution in [3.63, 3.8) is 0 Å². The van der Waals surface area contributed by atoms with Crippen molar-refractivity contribution < 1.29 is 4.79 Å². The van der Waals surface area contributed by atoms with E-state index in [-0.39, 0.29) is 12.2 Å². The maximum absolute atomic E-state index is 12.6. The van der Waals surface area contributed by atoms with Gasteiger partial charge in [0.1, 0.15) is 6.17 Å². The van der Waals surface area contributed by atoms with Gasteiger partial charge in [-0.05, 0) is 31.7 Å². The van der Waals surface area contributed by atoms with E-state index < -0.39 is 0 Å². The Morgan fingerprint density at radius 3 is 2.45 bits per heavy atom. The van der Waals surface area contributed by atoms with E-state index in [4.69, 9.17) is 0 Å². The lowest BCUT2D eigenvalue weighted by Gasteiger charge is -2.30. The summed E-state index contributed by atoms with van der Waals surface area (Å²) in [6, 6.07) is 8.99. The first-order valence-corrected chi connectivity index (χ1v) is 7.85. The molecule has 1 heterocycles. The molecule has 1 aromatic rings. The van der Waals surface area contributed by atoms with E-state index in [2.05, 4.69) is 48.3 Å². The molecule has 2 fully saturated rings. The van der Waals surface area contributed by atoms with Crippen molar-refractivity contribution >= 4 is 5.91 Å². The van der Waals surface area contributed by atoms with Gasteiger partial charge in [0.2, 0.25) is 5.91 Å². The Balaban J connectivity index is 1.89. The fourth-order valence-electron chi connectivity index (χ4n) is 3.52. The van der Waals surface area contributed by atoms with Crippen LogP contribution >= 0.6 is 0 Å². The molecule has 0 bridgehead atoms. The van der Waals surface area contributed by atoms with E-state index >= 15 is 0 Å². The summed E-state index contributed by atoms with van der Waals surface area (Å²) in [7, 11) is 0. The molecule has 0 aromatic heterocycles. The molecule has 3 nitrogen and oxygen atoms in total. The van der Waals surface area contributed by atoms with Crippen molar-refractivity contribution in [2.75, 3.05) is 0 Å². The number of nitrogens with zero attached hydrogens (tertiary/aromatic N) is 1. The third-order valence-electron chi connectivity index (χ3n) is 4.71. The Morgan fingerprint density at radius 2 is 1.85 bits per heavy atom. The van der Waals surface area contributed by atoms with E-state index in [1.165, 1.54) is 24.0 Å². The predicted octanol–water partition coefficient (Wildman–Crippen LogP) is 3.15. The molecule has 1 saturated carbocycles. The summed E-state index contributed by atoms with van der Waals surface area (Å²) in [6.45, 7) is 4.18. The Bertz CT molecular complexity index is 476. The molecule has 0 spiro atoms. The van der Waals surface area contributed by atoms with Gasteiger partial charge in [-0.3, -0.25) is 10.1 Å². The fourth-order valence-corrected chi connectivity index (χ4v) is 3.52. The van der Waals surface area contributed by atoms with Gasteiger partial charge in [-0.15, -0.1) is 0 Å². The van der Waals surface area contributed by atoms with Crippen LogP contribution in [0.15, 0.2) is 24.3 Å². The third kappa shape index (κ3) is 2.35. The molecule has 1 aliphatic carbocycles. The zero-order valence-corrected chi connectivity index (χ0v) is 12.4. The summed E-state index contributed by atoms with van der Waals surface area (Å²) in [5.41, 5.74) is 2.48. The Labute approximate surface area is 121 Å². The van der Waals surface area contributed by atoms with Crippen LogP contribution in [0, 0.1) is 6.92 Å². The lowest BCUT2D eigenvalue weighted by atomic mass is 10.1. The number of nitrogens with one attached hydrogen (secondary N) is 1. The summed E-state index contributed by atoms with van der Waals surface area (Å²) in [5.74, 6) is 0.296. The minimum atomic E-state index is -0.0121. The fraction of sp³-hybridized carbons (Fsp3) is 0.588. The second kappa shape index (κ2) is 5.57. The van der Waals surface area contributed by atoms with Gasteiger partial charge in [-0.2, -0.15) is 0 Å². The summed E-state index contributed by atoms with van der Waals surface area (Å²) in [5, 5.41) is 3.53. The number of rotatable bonds is 3. The van der Waals surface area contributed by atoms with E-state index in [0.717, 1.165) is 19.3 Å². The maximum atomic E-state index is 12.6. The predicted molar refractivity (Wildman–Crippen MR) is 80.2 cm³/mol. The summed E-state index contributed by atoms with van der Waals surface area (Å²) in [6.07, 6.45) is 5.76. The molecular weight excluding hydrogens is 248 g/mol. The van der Waals surface area contributed by atoms with E-state index in [9.17, 15) is 4.79 Å². The van der Waals surface area contributed by atoms with Crippen LogP contribution in [0.25, 0.3) is 0 Å². The topological polar surface area (TPSA) is 32.3 Å². The molecule has 0 radical (unpaired) electrons. The number of carbonyl (C=O) groups is 1. The largest absolute Gasteiger partial charge is 0.319 e. The molecule has 1 saturated heterocycles. The molecule has 2 unspecified atom stereocenters. The monoisotopic (exact) mass is 272 g/mol. The van der Waals surface area contributed by atoms with Crippen LogP contribution < -0.4 is 5.32 Å². The highest BCUT2D eigenvalue weighted by atomic mass is 16.2. The second-order valence-corrected chi connectivity index (χ2v) is 6.12. The summed E-state index contributed by atoms with van der Waals surface area (Å²) >= 11 is 0. The molecule has 1 N–H and O–H groups in total. The smallest absolute Gasteiger partial charge is 0.241 e. The first-order valence-electron chi connectivity index (χ1n) is 7.85. The first kappa shape index (κ1) is 13.6. The van der Waals surface area contributed by atoms with Crippen molar-refractivity contribution in [3.8, 4) is 0 Å². The van der Waals surface area contributed by atoms with Crippen LogP contribution in [0.5, 0.6) is 0 Å². The number of hydrogen-bond donors (Lipinski definition) is 1. The second-order valence-electron chi connectivity index (χ2n) is 6.12. The van der Waals surface area contributed by atoms with Gasteiger partial charge < -0.3 is 4.90 Å². The summed E-state index contributed by atoms with van der Waals surface area (Å²) < 4.78 is 0. The molecular formula is C17H24N2O. The Kier molecular flexibility index (Phi) is 3.79. The number of carbonyl (C=O) groups excluding carboxylic acids is 1. The maximum Gasteiger partial charge on any atom is 0.241 e. The van der Waals surface area contributed by atoms with Crippen molar-refractivity contribution in [2.24, 2.45) is 0 Å². The minimum absolute atomic E-state index is 0.0121. The van der Waals surface area contributed by atoms with Gasteiger partial charge in [-0.1, -0.05) is 49.6 Å². The van der Waals surface area contributed by atoms with Gasteiger partial charge in [0.05, 0.1) is 6.04 Å². The molecule has 2 atom stereocenters. The molecule has 3 rings (SSSR count). The summed E-state index contributed by atoms with van der Waals surface area (Å²) in [4.78, 5) is 14.8. The number of benzene rings is 1. The van der Waals surface area contributed by atoms with Crippen LogP contribution in [0.2, 0.25) is 0 Å². The average molecular weight is 272 g/mol. The number of amides is 1. The van der Waals surface area contributed by atoms with Crippen molar-refractivity contribution in [2.45, 2.75) is 64.2 Å². The highest BCUT2D eigenvalue weighted by Gasteiger charge is 2.42.